The number of aromatic nitrogens is 3. The number of hydrogen-bond donors (Lipinski definition) is 2. The van der Waals surface area contributed by atoms with E-state index in [1.807, 2.05) is 29.5 Å². The van der Waals surface area contributed by atoms with Crippen LogP contribution >= 0.6 is 11.3 Å². The number of aromatic amines is 1. The predicted molar refractivity (Wildman–Crippen MR) is 115 cm³/mol. The first-order chi connectivity index (χ1) is 14.2. The first-order valence-corrected chi connectivity index (χ1v) is 11.2. The van der Waals surface area contributed by atoms with Crippen molar-refractivity contribution in [3.63, 3.8) is 0 Å². The molecule has 2 N–H and O–H groups in total. The zero-order chi connectivity index (χ0) is 20.1. The lowest BCUT2D eigenvalue weighted by molar-refractivity contribution is -0.121. The van der Waals surface area contributed by atoms with Crippen LogP contribution in [0.25, 0.3) is 10.9 Å². The number of carbonyl (C=O) groups excluding carboxylic acids is 1. The largest absolute Gasteiger partial charge is 0.356 e. The molecule has 0 atom stereocenters. The van der Waals surface area contributed by atoms with Gasteiger partial charge < -0.3 is 10.3 Å². The second kappa shape index (κ2) is 9.31. The molecule has 0 saturated carbocycles. The number of aryl methyl sites for hydroxylation is 4. The Morgan fingerprint density at radius 2 is 1.97 bits per heavy atom. The van der Waals surface area contributed by atoms with Crippen LogP contribution in [0.1, 0.15) is 53.5 Å². The van der Waals surface area contributed by atoms with E-state index < -0.39 is 0 Å². The molecule has 3 aromatic rings. The molecule has 0 fully saturated rings. The summed E-state index contributed by atoms with van der Waals surface area (Å²) in [5.41, 5.74) is 1.87. The third-order valence-electron chi connectivity index (χ3n) is 5.26. The van der Waals surface area contributed by atoms with E-state index in [9.17, 15) is 9.59 Å². The van der Waals surface area contributed by atoms with E-state index in [-0.39, 0.29) is 11.5 Å². The molecule has 1 aliphatic carbocycles. The van der Waals surface area contributed by atoms with Gasteiger partial charge in [-0.2, -0.15) is 0 Å². The molecule has 7 heteroatoms. The van der Waals surface area contributed by atoms with Crippen molar-refractivity contribution in [2.45, 2.75) is 57.8 Å². The average molecular weight is 411 g/mol. The molecule has 1 aromatic carbocycles. The third-order valence-corrected chi connectivity index (χ3v) is 6.48. The highest BCUT2D eigenvalue weighted by Crippen LogP contribution is 2.27. The summed E-state index contributed by atoms with van der Waals surface area (Å²) in [6.07, 6.45) is 8.37. The van der Waals surface area contributed by atoms with Gasteiger partial charge in [-0.25, -0.2) is 9.97 Å². The number of para-hydroxylation sites is 1. The van der Waals surface area contributed by atoms with Crippen LogP contribution in [-0.2, 0) is 30.5 Å². The van der Waals surface area contributed by atoms with Crippen LogP contribution in [-0.4, -0.2) is 27.4 Å². The highest BCUT2D eigenvalue weighted by Gasteiger charge is 2.14. The molecule has 0 radical (unpaired) electrons. The van der Waals surface area contributed by atoms with E-state index in [1.54, 1.807) is 6.07 Å². The van der Waals surface area contributed by atoms with E-state index in [2.05, 4.69) is 15.3 Å². The summed E-state index contributed by atoms with van der Waals surface area (Å²) in [7, 11) is 0. The molecule has 0 spiro atoms. The van der Waals surface area contributed by atoms with Crippen LogP contribution in [0.3, 0.4) is 0 Å². The van der Waals surface area contributed by atoms with Crippen LogP contribution in [0.15, 0.2) is 29.1 Å². The lowest BCUT2D eigenvalue weighted by atomic mass is 10.0. The van der Waals surface area contributed by atoms with Crippen LogP contribution < -0.4 is 10.9 Å². The van der Waals surface area contributed by atoms with Crippen molar-refractivity contribution in [1.29, 1.82) is 0 Å². The van der Waals surface area contributed by atoms with Crippen LogP contribution in [0.2, 0.25) is 0 Å². The van der Waals surface area contributed by atoms with Gasteiger partial charge in [-0.3, -0.25) is 9.59 Å². The van der Waals surface area contributed by atoms with Crippen molar-refractivity contribution in [3.05, 3.63) is 56.0 Å². The SMILES string of the molecule is O=C(CCCc1nc2ccccc2c(=O)[nH]1)NCCCc1nc2c(s1)CCCC2. The Kier molecular flexibility index (Phi) is 6.34. The summed E-state index contributed by atoms with van der Waals surface area (Å²) in [5.74, 6) is 0.681. The zero-order valence-electron chi connectivity index (χ0n) is 16.5. The number of nitrogens with one attached hydrogen (secondary N) is 2. The molecule has 0 saturated heterocycles. The number of hydrogen-bond acceptors (Lipinski definition) is 5. The van der Waals surface area contributed by atoms with Crippen LogP contribution in [0, 0.1) is 0 Å². The highest BCUT2D eigenvalue weighted by molar-refractivity contribution is 7.11. The molecule has 0 bridgehead atoms. The van der Waals surface area contributed by atoms with E-state index >= 15 is 0 Å². The summed E-state index contributed by atoms with van der Waals surface area (Å²) in [4.78, 5) is 37.6. The second-order valence-corrected chi connectivity index (χ2v) is 8.69. The quantitative estimate of drug-likeness (QED) is 0.558. The molecule has 0 aliphatic heterocycles. The minimum absolute atomic E-state index is 0.0477. The van der Waals surface area contributed by atoms with Gasteiger partial charge in [0, 0.05) is 30.7 Å². The molecule has 1 aliphatic rings. The topological polar surface area (TPSA) is 87.7 Å². The predicted octanol–water partition coefficient (Wildman–Crippen LogP) is 3.33. The van der Waals surface area contributed by atoms with Gasteiger partial charge in [-0.05, 0) is 50.7 Å². The minimum Gasteiger partial charge on any atom is -0.356 e. The first kappa shape index (κ1) is 19.8. The first-order valence-electron chi connectivity index (χ1n) is 10.4. The standard InChI is InChI=1S/C22H26N4O2S/c27-20(23-14-6-13-21-25-17-9-3-4-10-18(17)29-21)12-5-11-19-24-16-8-2-1-7-15(16)22(28)26-19/h1-2,7-8H,3-6,9-14H2,(H,23,27)(H,24,26,28). The smallest absolute Gasteiger partial charge is 0.258 e. The number of thiazole rings is 1. The fourth-order valence-corrected chi connectivity index (χ4v) is 4.94. The highest BCUT2D eigenvalue weighted by atomic mass is 32.1. The number of nitrogens with zero attached hydrogens (tertiary/aromatic N) is 2. The molecule has 152 valence electrons. The maximum atomic E-state index is 12.1. The summed E-state index contributed by atoms with van der Waals surface area (Å²) < 4.78 is 0. The Hall–Kier alpha value is -2.54. The van der Waals surface area contributed by atoms with Crippen molar-refractivity contribution in [2.75, 3.05) is 6.54 Å². The molecular weight excluding hydrogens is 384 g/mol. The van der Waals surface area contributed by atoms with Crippen LogP contribution in [0.5, 0.6) is 0 Å². The number of amides is 1. The fraction of sp³-hybridized carbons (Fsp3) is 0.455. The number of benzene rings is 1. The molecular formula is C22H26N4O2S. The van der Waals surface area contributed by atoms with Gasteiger partial charge in [0.05, 0.1) is 21.6 Å². The molecule has 4 rings (SSSR count). The van der Waals surface area contributed by atoms with Crippen LogP contribution in [0.4, 0.5) is 0 Å². The summed E-state index contributed by atoms with van der Waals surface area (Å²) in [6.45, 7) is 0.675. The fourth-order valence-electron chi connectivity index (χ4n) is 3.74. The van der Waals surface area contributed by atoms with Gasteiger partial charge in [0.1, 0.15) is 5.82 Å². The summed E-state index contributed by atoms with van der Waals surface area (Å²) in [5, 5.41) is 4.79. The van der Waals surface area contributed by atoms with Crippen molar-refractivity contribution in [1.82, 2.24) is 20.3 Å². The van der Waals surface area contributed by atoms with Gasteiger partial charge >= 0.3 is 0 Å². The van der Waals surface area contributed by atoms with E-state index in [0.717, 1.165) is 19.3 Å². The van der Waals surface area contributed by atoms with E-state index in [4.69, 9.17) is 4.98 Å². The molecule has 2 heterocycles. The van der Waals surface area contributed by atoms with Crippen molar-refractivity contribution in [2.24, 2.45) is 0 Å². The molecule has 6 nitrogen and oxygen atoms in total. The molecule has 29 heavy (non-hydrogen) atoms. The molecule has 0 unspecified atom stereocenters. The van der Waals surface area contributed by atoms with Gasteiger partial charge in [0.2, 0.25) is 5.91 Å². The lowest BCUT2D eigenvalue weighted by Crippen LogP contribution is -2.24. The Morgan fingerprint density at radius 1 is 1.10 bits per heavy atom. The number of rotatable bonds is 8. The number of carbonyl (C=O) groups is 1. The van der Waals surface area contributed by atoms with E-state index in [1.165, 1.54) is 34.8 Å². The Bertz CT molecular complexity index is 1030. The Balaban J connectivity index is 1.17. The number of fused-ring (bicyclic) bond motifs is 2. The lowest BCUT2D eigenvalue weighted by Gasteiger charge is -2.06. The monoisotopic (exact) mass is 410 g/mol. The van der Waals surface area contributed by atoms with Crippen molar-refractivity contribution < 1.29 is 4.79 Å². The Labute approximate surface area is 173 Å². The average Bonchev–Trinajstić information content (AvgIpc) is 3.14. The van der Waals surface area contributed by atoms with E-state index in [0.29, 0.717) is 42.5 Å². The maximum Gasteiger partial charge on any atom is 0.258 e. The molecule has 1 amide bonds. The normalized spacial score (nSPS) is 13.4. The summed E-state index contributed by atoms with van der Waals surface area (Å²) >= 11 is 1.85. The summed E-state index contributed by atoms with van der Waals surface area (Å²) in [6, 6.07) is 7.29. The Morgan fingerprint density at radius 3 is 2.86 bits per heavy atom. The van der Waals surface area contributed by atoms with Gasteiger partial charge in [-0.15, -0.1) is 11.3 Å². The van der Waals surface area contributed by atoms with Crippen molar-refractivity contribution in [3.8, 4) is 0 Å². The van der Waals surface area contributed by atoms with Crippen molar-refractivity contribution >= 4 is 28.1 Å². The number of H-pyrrole nitrogens is 1. The minimum atomic E-state index is -0.126. The zero-order valence-corrected chi connectivity index (χ0v) is 17.3. The molecule has 2 aromatic heterocycles. The maximum absolute atomic E-state index is 12.1. The third kappa shape index (κ3) is 5.09. The van der Waals surface area contributed by atoms with Gasteiger partial charge in [-0.1, -0.05) is 12.1 Å². The van der Waals surface area contributed by atoms with Gasteiger partial charge in [0.15, 0.2) is 0 Å². The second-order valence-electron chi connectivity index (χ2n) is 7.52. The van der Waals surface area contributed by atoms with Gasteiger partial charge in [0.25, 0.3) is 5.56 Å².